The first-order valence-corrected chi connectivity index (χ1v) is 10.2. The smallest absolute Gasteiger partial charge is 0.257 e. The minimum Gasteiger partial charge on any atom is -0.342 e. The van der Waals surface area contributed by atoms with Crippen molar-refractivity contribution in [2.24, 2.45) is 0 Å². The molecule has 0 aromatic heterocycles. The van der Waals surface area contributed by atoms with E-state index in [1.165, 1.54) is 18.2 Å². The van der Waals surface area contributed by atoms with Gasteiger partial charge in [0.15, 0.2) is 5.60 Å². The Morgan fingerprint density at radius 3 is 2.52 bits per heavy atom. The number of hydrogen-bond acceptors (Lipinski definition) is 3. The quantitative estimate of drug-likeness (QED) is 0.783. The van der Waals surface area contributed by atoms with E-state index in [2.05, 4.69) is 12.1 Å². The molecule has 0 radical (unpaired) electrons. The molecule has 29 heavy (non-hydrogen) atoms. The van der Waals surface area contributed by atoms with E-state index < -0.39 is 11.4 Å². The summed E-state index contributed by atoms with van der Waals surface area (Å²) < 4.78 is 19.8. The van der Waals surface area contributed by atoms with Gasteiger partial charge in [-0.05, 0) is 36.6 Å². The number of fused-ring (bicyclic) bond motifs is 1. The summed E-state index contributed by atoms with van der Waals surface area (Å²) in [6.45, 7) is 0.856. The molecule has 3 saturated heterocycles. The zero-order valence-corrected chi connectivity index (χ0v) is 16.1. The molecule has 3 fully saturated rings. The zero-order chi connectivity index (χ0) is 20.0. The van der Waals surface area contributed by atoms with Crippen LogP contribution in [0.3, 0.4) is 0 Å². The molecule has 0 aliphatic carbocycles. The maximum Gasteiger partial charge on any atom is 0.257 e. The molecule has 0 N–H and O–H groups in total. The van der Waals surface area contributed by atoms with E-state index in [9.17, 15) is 14.0 Å². The van der Waals surface area contributed by atoms with Crippen molar-refractivity contribution in [1.29, 1.82) is 0 Å². The van der Waals surface area contributed by atoms with E-state index >= 15 is 0 Å². The molecule has 2 aromatic rings. The standard InChI is InChI=1S/C23H23FN2O3/c24-18-8-4-7-17(15-18)21(27)25-13-11-23(12-14-25)22(28)26-19(9-10-20(26)29-23)16-5-2-1-3-6-16/h1-8,15,19-20H,9-14H2/t19-,20+/m0/s1. The van der Waals surface area contributed by atoms with Crippen molar-refractivity contribution < 1.29 is 18.7 Å². The minimum absolute atomic E-state index is 0.0479. The lowest BCUT2D eigenvalue weighted by Crippen LogP contribution is -2.51. The van der Waals surface area contributed by atoms with Crippen LogP contribution in [0.1, 0.15) is 47.6 Å². The normalized spacial score (nSPS) is 25.5. The largest absolute Gasteiger partial charge is 0.342 e. The summed E-state index contributed by atoms with van der Waals surface area (Å²) in [6, 6.07) is 15.9. The van der Waals surface area contributed by atoms with E-state index in [4.69, 9.17) is 4.74 Å². The average molecular weight is 394 g/mol. The summed E-state index contributed by atoms with van der Waals surface area (Å²) >= 11 is 0. The van der Waals surface area contributed by atoms with Crippen molar-refractivity contribution in [3.63, 3.8) is 0 Å². The number of carbonyl (C=O) groups is 2. The Balaban J connectivity index is 1.30. The van der Waals surface area contributed by atoms with Crippen LogP contribution in [-0.4, -0.2) is 46.5 Å². The molecule has 6 heteroatoms. The number of hydrogen-bond donors (Lipinski definition) is 0. The monoisotopic (exact) mass is 394 g/mol. The lowest BCUT2D eigenvalue weighted by Gasteiger charge is -2.37. The Morgan fingerprint density at radius 2 is 1.79 bits per heavy atom. The summed E-state index contributed by atoms with van der Waals surface area (Å²) in [5.41, 5.74) is 0.642. The highest BCUT2D eigenvalue weighted by molar-refractivity contribution is 5.95. The molecule has 5 nitrogen and oxygen atoms in total. The van der Waals surface area contributed by atoms with Crippen LogP contribution in [0.5, 0.6) is 0 Å². The van der Waals surface area contributed by atoms with Gasteiger partial charge in [0.2, 0.25) is 0 Å². The first-order chi connectivity index (χ1) is 14.1. The molecule has 3 aliphatic heterocycles. The third kappa shape index (κ3) is 3.02. The number of likely N-dealkylation sites (tertiary alicyclic amines) is 1. The predicted molar refractivity (Wildman–Crippen MR) is 104 cm³/mol. The Kier molecular flexibility index (Phi) is 4.39. The molecule has 3 heterocycles. The van der Waals surface area contributed by atoms with Gasteiger partial charge in [-0.25, -0.2) is 4.39 Å². The molecule has 2 aromatic carbocycles. The number of carbonyl (C=O) groups excluding carboxylic acids is 2. The fourth-order valence-electron chi connectivity index (χ4n) is 4.92. The predicted octanol–water partition coefficient (Wildman–Crippen LogP) is 3.52. The van der Waals surface area contributed by atoms with E-state index in [-0.39, 0.29) is 24.1 Å². The maximum atomic E-state index is 13.5. The van der Waals surface area contributed by atoms with Crippen molar-refractivity contribution in [2.75, 3.05) is 13.1 Å². The second kappa shape index (κ2) is 6.95. The van der Waals surface area contributed by atoms with E-state index in [1.54, 1.807) is 11.0 Å². The molecule has 150 valence electrons. The summed E-state index contributed by atoms with van der Waals surface area (Å²) in [4.78, 5) is 29.7. The minimum atomic E-state index is -0.836. The molecule has 1 spiro atoms. The van der Waals surface area contributed by atoms with Crippen molar-refractivity contribution in [3.8, 4) is 0 Å². The molecule has 2 atom stereocenters. The summed E-state index contributed by atoms with van der Waals surface area (Å²) in [5, 5.41) is 0. The average Bonchev–Trinajstić information content (AvgIpc) is 3.27. The third-order valence-corrected chi connectivity index (χ3v) is 6.43. The Bertz CT molecular complexity index is 940. The van der Waals surface area contributed by atoms with Crippen molar-refractivity contribution >= 4 is 11.8 Å². The zero-order valence-electron chi connectivity index (χ0n) is 16.1. The van der Waals surface area contributed by atoms with Gasteiger partial charge in [-0.2, -0.15) is 0 Å². The maximum absolute atomic E-state index is 13.5. The lowest BCUT2D eigenvalue weighted by atomic mass is 9.89. The number of halogens is 1. The summed E-state index contributed by atoms with van der Waals surface area (Å²) in [6.07, 6.45) is 2.50. The van der Waals surface area contributed by atoms with E-state index in [0.29, 0.717) is 31.5 Å². The second-order valence-electron chi connectivity index (χ2n) is 8.09. The number of nitrogens with zero attached hydrogens (tertiary/aromatic N) is 2. The highest BCUT2D eigenvalue weighted by Gasteiger charge is 2.58. The summed E-state index contributed by atoms with van der Waals surface area (Å²) in [5.74, 6) is -0.578. The van der Waals surface area contributed by atoms with Gasteiger partial charge in [-0.1, -0.05) is 36.4 Å². The van der Waals surface area contributed by atoms with Crippen molar-refractivity contribution in [1.82, 2.24) is 9.80 Å². The number of benzene rings is 2. The summed E-state index contributed by atoms with van der Waals surface area (Å²) in [7, 11) is 0. The fraction of sp³-hybridized carbons (Fsp3) is 0.391. The van der Waals surface area contributed by atoms with Gasteiger partial charge in [0.1, 0.15) is 12.0 Å². The molecular formula is C23H23FN2O3. The van der Waals surface area contributed by atoms with Gasteiger partial charge in [-0.3, -0.25) is 9.59 Å². The Hall–Kier alpha value is -2.73. The van der Waals surface area contributed by atoms with Crippen LogP contribution in [0.2, 0.25) is 0 Å². The molecule has 0 bridgehead atoms. The van der Waals surface area contributed by atoms with Crippen LogP contribution in [0.25, 0.3) is 0 Å². The van der Waals surface area contributed by atoms with Crippen LogP contribution < -0.4 is 0 Å². The number of ether oxygens (including phenoxy) is 1. The van der Waals surface area contributed by atoms with Gasteiger partial charge in [0.25, 0.3) is 11.8 Å². The van der Waals surface area contributed by atoms with Gasteiger partial charge >= 0.3 is 0 Å². The molecule has 2 amide bonds. The van der Waals surface area contributed by atoms with Gasteiger partial charge in [0.05, 0.1) is 6.04 Å². The molecule has 3 aliphatic rings. The number of amides is 2. The van der Waals surface area contributed by atoms with Crippen molar-refractivity contribution in [2.45, 2.75) is 43.6 Å². The SMILES string of the molecule is O=C(c1cccc(F)c1)N1CCC2(CC1)O[C@@H]1CC[C@@H](c3ccccc3)N1C2=O. The Labute approximate surface area is 169 Å². The molecule has 5 rings (SSSR count). The second-order valence-corrected chi connectivity index (χ2v) is 8.09. The molecule has 0 unspecified atom stereocenters. The first kappa shape index (κ1) is 18.3. The topological polar surface area (TPSA) is 49.9 Å². The first-order valence-electron chi connectivity index (χ1n) is 10.2. The number of piperidine rings is 1. The van der Waals surface area contributed by atoms with Crippen LogP contribution in [0, 0.1) is 5.82 Å². The van der Waals surface area contributed by atoms with Crippen LogP contribution >= 0.6 is 0 Å². The highest BCUT2D eigenvalue weighted by Crippen LogP contribution is 2.47. The fourth-order valence-corrected chi connectivity index (χ4v) is 4.92. The van der Waals surface area contributed by atoms with Crippen LogP contribution in [0.4, 0.5) is 4.39 Å². The molecule has 0 saturated carbocycles. The number of rotatable bonds is 2. The highest BCUT2D eigenvalue weighted by atomic mass is 19.1. The lowest BCUT2D eigenvalue weighted by molar-refractivity contribution is -0.142. The third-order valence-electron chi connectivity index (χ3n) is 6.43. The van der Waals surface area contributed by atoms with Crippen molar-refractivity contribution in [3.05, 3.63) is 71.5 Å². The van der Waals surface area contributed by atoms with Crippen LogP contribution in [0.15, 0.2) is 54.6 Å². The Morgan fingerprint density at radius 1 is 1.03 bits per heavy atom. The van der Waals surface area contributed by atoms with Gasteiger partial charge in [0, 0.05) is 31.5 Å². The van der Waals surface area contributed by atoms with E-state index in [0.717, 1.165) is 18.4 Å². The van der Waals surface area contributed by atoms with Crippen LogP contribution in [-0.2, 0) is 9.53 Å². The van der Waals surface area contributed by atoms with Gasteiger partial charge in [-0.15, -0.1) is 0 Å². The van der Waals surface area contributed by atoms with E-state index in [1.807, 2.05) is 23.1 Å². The molecular weight excluding hydrogens is 371 g/mol. The van der Waals surface area contributed by atoms with Gasteiger partial charge < -0.3 is 14.5 Å².